The number of nitrogens with zero attached hydrogens (tertiary/aromatic N) is 2. The van der Waals surface area contributed by atoms with E-state index in [0.29, 0.717) is 16.0 Å². The summed E-state index contributed by atoms with van der Waals surface area (Å²) >= 11 is 1.42. The number of hydrogen-bond acceptors (Lipinski definition) is 5. The average molecular weight is 313 g/mol. The van der Waals surface area contributed by atoms with Crippen molar-refractivity contribution >= 4 is 27.5 Å². The second-order valence-electron chi connectivity index (χ2n) is 5.02. The first-order chi connectivity index (χ1) is 10.5. The van der Waals surface area contributed by atoms with Crippen LogP contribution < -0.4 is 10.7 Å². The van der Waals surface area contributed by atoms with Gasteiger partial charge in [-0.05, 0) is 25.5 Å². The summed E-state index contributed by atoms with van der Waals surface area (Å²) in [5, 5.41) is 11.5. The smallest absolute Gasteiger partial charge is 0.262 e. The number of aryl methyl sites for hydroxylation is 1. The molecule has 0 amide bonds. The third kappa shape index (κ3) is 2.31. The Labute approximate surface area is 130 Å². The van der Waals surface area contributed by atoms with E-state index >= 15 is 0 Å². The molecule has 22 heavy (non-hydrogen) atoms. The molecule has 0 spiro atoms. The normalized spacial score (nSPS) is 12.5. The van der Waals surface area contributed by atoms with Gasteiger partial charge in [0.25, 0.3) is 5.56 Å². The quantitative estimate of drug-likeness (QED) is 0.738. The minimum Gasteiger partial charge on any atom is -0.548 e. The Bertz CT molecular complexity index is 912. The molecule has 0 fully saturated rings. The highest BCUT2D eigenvalue weighted by Gasteiger charge is 2.16. The highest BCUT2D eigenvalue weighted by Crippen LogP contribution is 2.31. The molecule has 0 bridgehead atoms. The Hall–Kier alpha value is -2.47. The van der Waals surface area contributed by atoms with Gasteiger partial charge in [0.2, 0.25) is 0 Å². The highest BCUT2D eigenvalue weighted by atomic mass is 32.1. The summed E-state index contributed by atoms with van der Waals surface area (Å²) in [5.41, 5.74) is 0.652. The predicted octanol–water partition coefficient (Wildman–Crippen LogP) is 1.74. The van der Waals surface area contributed by atoms with Gasteiger partial charge in [-0.2, -0.15) is 0 Å². The lowest BCUT2D eigenvalue weighted by Gasteiger charge is -2.17. The molecule has 0 aliphatic carbocycles. The van der Waals surface area contributed by atoms with Crippen molar-refractivity contribution in [2.24, 2.45) is 0 Å². The number of carboxylic acids is 1. The molecule has 3 rings (SSSR count). The maximum Gasteiger partial charge on any atom is 0.262 e. The number of carboxylic acid groups (broad SMARTS) is 1. The number of carbonyl (C=O) groups excluding carboxylic acids is 1. The van der Waals surface area contributed by atoms with E-state index in [1.54, 1.807) is 13.0 Å². The minimum atomic E-state index is -1.30. The van der Waals surface area contributed by atoms with Crippen LogP contribution in [0.15, 0.2) is 41.2 Å². The van der Waals surface area contributed by atoms with E-state index in [9.17, 15) is 14.7 Å². The third-order valence-electron chi connectivity index (χ3n) is 3.56. The Balaban J connectivity index is 2.24. The van der Waals surface area contributed by atoms with Gasteiger partial charge >= 0.3 is 0 Å². The number of aliphatic carboxylic acids is 1. The molecule has 2 aromatic heterocycles. The molecule has 0 aliphatic rings. The summed E-state index contributed by atoms with van der Waals surface area (Å²) in [7, 11) is 0. The molecule has 3 aromatic rings. The Morgan fingerprint density at radius 1 is 1.32 bits per heavy atom. The van der Waals surface area contributed by atoms with Crippen LogP contribution in [0.25, 0.3) is 20.7 Å². The van der Waals surface area contributed by atoms with Gasteiger partial charge in [-0.15, -0.1) is 11.3 Å². The largest absolute Gasteiger partial charge is 0.548 e. The van der Waals surface area contributed by atoms with E-state index < -0.39 is 12.0 Å². The second-order valence-corrected chi connectivity index (χ2v) is 6.06. The number of aromatic nitrogens is 2. The van der Waals surface area contributed by atoms with Crippen LogP contribution in [0.3, 0.4) is 0 Å². The number of thiophene rings is 1. The fraction of sp³-hybridized carbons (Fsp3) is 0.188. The van der Waals surface area contributed by atoms with Crippen molar-refractivity contribution in [2.75, 3.05) is 0 Å². The SMILES string of the molecule is Cc1nc2sc(-c3ccccc3)cc2c(=O)n1C(C)C(=O)[O-]. The fourth-order valence-corrected chi connectivity index (χ4v) is 3.47. The summed E-state index contributed by atoms with van der Waals surface area (Å²) in [6, 6.07) is 10.4. The molecule has 6 heteroatoms. The molecule has 0 saturated carbocycles. The minimum absolute atomic E-state index is 0.349. The Kier molecular flexibility index (Phi) is 3.54. The van der Waals surface area contributed by atoms with E-state index in [1.165, 1.54) is 22.8 Å². The van der Waals surface area contributed by atoms with E-state index in [-0.39, 0.29) is 5.56 Å². The zero-order valence-corrected chi connectivity index (χ0v) is 12.9. The first-order valence-electron chi connectivity index (χ1n) is 6.78. The molecular formula is C16H13N2O3S-. The van der Waals surface area contributed by atoms with Crippen molar-refractivity contribution in [3.8, 4) is 10.4 Å². The first kappa shape index (κ1) is 14.5. The number of hydrogen-bond donors (Lipinski definition) is 0. The topological polar surface area (TPSA) is 75.0 Å². The lowest BCUT2D eigenvalue weighted by Crippen LogP contribution is -2.37. The molecule has 112 valence electrons. The number of carbonyl (C=O) groups is 1. The van der Waals surface area contributed by atoms with E-state index in [2.05, 4.69) is 4.98 Å². The maximum absolute atomic E-state index is 12.6. The molecule has 1 atom stereocenters. The molecule has 1 unspecified atom stereocenters. The molecule has 2 heterocycles. The van der Waals surface area contributed by atoms with Crippen LogP contribution in [0.1, 0.15) is 18.8 Å². The molecule has 0 saturated heterocycles. The van der Waals surface area contributed by atoms with Gasteiger partial charge in [0, 0.05) is 4.88 Å². The Morgan fingerprint density at radius 3 is 2.64 bits per heavy atom. The van der Waals surface area contributed by atoms with Crippen molar-refractivity contribution in [3.63, 3.8) is 0 Å². The summed E-state index contributed by atoms with van der Waals surface area (Å²) in [5.74, 6) is -0.930. The predicted molar refractivity (Wildman–Crippen MR) is 83.8 cm³/mol. The van der Waals surface area contributed by atoms with Crippen LogP contribution in [-0.2, 0) is 4.79 Å². The zero-order valence-electron chi connectivity index (χ0n) is 12.1. The van der Waals surface area contributed by atoms with Crippen molar-refractivity contribution in [3.05, 3.63) is 52.6 Å². The highest BCUT2D eigenvalue weighted by molar-refractivity contribution is 7.21. The van der Waals surface area contributed by atoms with Crippen molar-refractivity contribution in [2.45, 2.75) is 19.9 Å². The van der Waals surface area contributed by atoms with Gasteiger partial charge in [0.1, 0.15) is 10.7 Å². The van der Waals surface area contributed by atoms with E-state index in [4.69, 9.17) is 0 Å². The number of rotatable bonds is 3. The van der Waals surface area contributed by atoms with Crippen LogP contribution in [0.5, 0.6) is 0 Å². The monoisotopic (exact) mass is 313 g/mol. The van der Waals surface area contributed by atoms with Crippen LogP contribution in [0, 0.1) is 6.92 Å². The molecule has 0 radical (unpaired) electrons. The van der Waals surface area contributed by atoms with Crippen molar-refractivity contribution in [1.82, 2.24) is 9.55 Å². The first-order valence-corrected chi connectivity index (χ1v) is 7.59. The summed E-state index contributed by atoms with van der Waals surface area (Å²) < 4.78 is 1.17. The third-order valence-corrected chi connectivity index (χ3v) is 4.64. The standard InChI is InChI=1S/C16H14N2O3S/c1-9(16(20)21)18-10(2)17-14-12(15(18)19)8-13(22-14)11-6-4-3-5-7-11/h3-9H,1-2H3,(H,20,21)/p-1. The van der Waals surface area contributed by atoms with Crippen LogP contribution in [-0.4, -0.2) is 15.5 Å². The zero-order chi connectivity index (χ0) is 15.9. The van der Waals surface area contributed by atoms with Crippen LogP contribution in [0.2, 0.25) is 0 Å². The summed E-state index contributed by atoms with van der Waals surface area (Å²) in [6.45, 7) is 3.05. The maximum atomic E-state index is 12.6. The number of fused-ring (bicyclic) bond motifs is 1. The van der Waals surface area contributed by atoms with Gasteiger partial charge in [0.15, 0.2) is 0 Å². The van der Waals surface area contributed by atoms with E-state index in [0.717, 1.165) is 10.4 Å². The van der Waals surface area contributed by atoms with Gasteiger partial charge in [0.05, 0.1) is 17.4 Å². The van der Waals surface area contributed by atoms with Gasteiger partial charge in [-0.1, -0.05) is 30.3 Å². The lowest BCUT2D eigenvalue weighted by molar-refractivity contribution is -0.309. The fourth-order valence-electron chi connectivity index (χ4n) is 2.40. The van der Waals surface area contributed by atoms with Gasteiger partial charge in [-0.3, -0.25) is 9.36 Å². The molecular weight excluding hydrogens is 300 g/mol. The van der Waals surface area contributed by atoms with Gasteiger partial charge in [-0.25, -0.2) is 4.98 Å². The number of benzene rings is 1. The Morgan fingerprint density at radius 2 is 2.00 bits per heavy atom. The summed E-state index contributed by atoms with van der Waals surface area (Å²) in [6.07, 6.45) is 0. The summed E-state index contributed by atoms with van der Waals surface area (Å²) in [4.78, 5) is 29.6. The lowest BCUT2D eigenvalue weighted by atomic mass is 10.2. The second kappa shape index (κ2) is 5.38. The molecule has 0 N–H and O–H groups in total. The van der Waals surface area contributed by atoms with E-state index in [1.807, 2.05) is 30.3 Å². The average Bonchev–Trinajstić information content (AvgIpc) is 2.92. The molecule has 5 nitrogen and oxygen atoms in total. The van der Waals surface area contributed by atoms with Crippen LogP contribution in [0.4, 0.5) is 0 Å². The molecule has 1 aromatic carbocycles. The molecule has 0 aliphatic heterocycles. The van der Waals surface area contributed by atoms with Gasteiger partial charge < -0.3 is 9.90 Å². The van der Waals surface area contributed by atoms with Crippen molar-refractivity contribution < 1.29 is 9.90 Å². The van der Waals surface area contributed by atoms with Crippen molar-refractivity contribution in [1.29, 1.82) is 0 Å². The van der Waals surface area contributed by atoms with Crippen LogP contribution >= 0.6 is 11.3 Å².